The highest BCUT2D eigenvalue weighted by Crippen LogP contribution is 2.35. The molecule has 0 saturated carbocycles. The van der Waals surface area contributed by atoms with Crippen LogP contribution in [0.15, 0.2) is 99.2 Å². The Morgan fingerprint density at radius 2 is 1.80 bits per heavy atom. The van der Waals surface area contributed by atoms with Gasteiger partial charge in [0.05, 0.1) is 24.2 Å². The highest BCUT2D eigenvalue weighted by molar-refractivity contribution is 6.31. The molecule has 0 N–H and O–H groups in total. The third kappa shape index (κ3) is 5.39. The summed E-state index contributed by atoms with van der Waals surface area (Å²) in [5.74, 6) is 0.883. The number of benzene rings is 4. The normalized spacial score (nSPS) is 11.5. The van der Waals surface area contributed by atoms with Gasteiger partial charge in [-0.25, -0.2) is 9.37 Å². The predicted molar refractivity (Wildman–Crippen MR) is 158 cm³/mol. The molecule has 0 saturated heterocycles. The van der Waals surface area contributed by atoms with E-state index in [2.05, 4.69) is 5.10 Å². The summed E-state index contributed by atoms with van der Waals surface area (Å²) in [4.78, 5) is 18.4. The van der Waals surface area contributed by atoms with E-state index in [1.165, 1.54) is 30.1 Å². The van der Waals surface area contributed by atoms with Crippen molar-refractivity contribution in [2.24, 2.45) is 5.10 Å². The van der Waals surface area contributed by atoms with E-state index in [1.54, 1.807) is 72.8 Å². The van der Waals surface area contributed by atoms with Gasteiger partial charge in [-0.1, -0.05) is 47.5 Å². The number of ether oxygens (including phenoxy) is 2. The molecule has 2 heterocycles. The first kappa shape index (κ1) is 26.6. The largest absolute Gasteiger partial charge is 0.493 e. The van der Waals surface area contributed by atoms with Crippen molar-refractivity contribution in [3.8, 4) is 23.1 Å². The number of aromatic nitrogens is 2. The SMILES string of the molecule is COc1cc(Cl)cc(C=Nn2c(-c3cc4cc(Cl)ccc4o3)nc3ccccc3c2=O)c1OCc1ccc(F)cc1. The molecule has 0 aliphatic rings. The fraction of sp³-hybridized carbons (Fsp3) is 0.0645. The van der Waals surface area contributed by atoms with E-state index in [0.717, 1.165) is 10.9 Å². The van der Waals surface area contributed by atoms with Crippen molar-refractivity contribution in [3.63, 3.8) is 0 Å². The van der Waals surface area contributed by atoms with Crippen LogP contribution < -0.4 is 15.0 Å². The van der Waals surface area contributed by atoms with Gasteiger partial charge in [0, 0.05) is 27.1 Å². The fourth-order valence-corrected chi connectivity index (χ4v) is 4.76. The Morgan fingerprint density at radius 3 is 2.61 bits per heavy atom. The molecule has 0 unspecified atom stereocenters. The van der Waals surface area contributed by atoms with Gasteiger partial charge < -0.3 is 13.9 Å². The van der Waals surface area contributed by atoms with Gasteiger partial charge in [0.25, 0.3) is 5.56 Å². The summed E-state index contributed by atoms with van der Waals surface area (Å²) in [7, 11) is 1.49. The van der Waals surface area contributed by atoms with Crippen LogP contribution >= 0.6 is 23.2 Å². The molecule has 6 rings (SSSR count). The number of methoxy groups -OCH3 is 1. The van der Waals surface area contributed by atoms with Crippen molar-refractivity contribution in [2.45, 2.75) is 6.61 Å². The van der Waals surface area contributed by atoms with Crippen LogP contribution in [0.2, 0.25) is 10.0 Å². The Labute approximate surface area is 243 Å². The zero-order valence-corrected chi connectivity index (χ0v) is 23.0. The van der Waals surface area contributed by atoms with Crippen LogP contribution in [-0.4, -0.2) is 23.0 Å². The molecule has 6 aromatic rings. The minimum atomic E-state index is -0.400. The predicted octanol–water partition coefficient (Wildman–Crippen LogP) is 7.73. The lowest BCUT2D eigenvalue weighted by Crippen LogP contribution is -2.20. The molecule has 0 fully saturated rings. The molecule has 0 aliphatic heterocycles. The molecular formula is C31H20Cl2FN3O4. The Morgan fingerprint density at radius 1 is 1.00 bits per heavy atom. The molecule has 0 spiro atoms. The Bertz CT molecular complexity index is 2000. The topological polar surface area (TPSA) is 78.9 Å². The van der Waals surface area contributed by atoms with Crippen molar-refractivity contribution in [1.29, 1.82) is 0 Å². The molecular weight excluding hydrogens is 568 g/mol. The van der Waals surface area contributed by atoms with Crippen molar-refractivity contribution in [3.05, 3.63) is 122 Å². The van der Waals surface area contributed by atoms with Gasteiger partial charge in [-0.15, -0.1) is 0 Å². The maximum Gasteiger partial charge on any atom is 0.282 e. The molecule has 204 valence electrons. The highest BCUT2D eigenvalue weighted by atomic mass is 35.5. The number of hydrogen-bond donors (Lipinski definition) is 0. The van der Waals surface area contributed by atoms with E-state index < -0.39 is 5.56 Å². The second kappa shape index (κ2) is 11.1. The first-order valence-corrected chi connectivity index (χ1v) is 13.2. The summed E-state index contributed by atoms with van der Waals surface area (Å²) in [5, 5.41) is 6.57. The number of hydrogen-bond acceptors (Lipinski definition) is 6. The van der Waals surface area contributed by atoms with Crippen LogP contribution in [-0.2, 0) is 6.61 Å². The first-order chi connectivity index (χ1) is 19.9. The van der Waals surface area contributed by atoms with Crippen molar-refractivity contribution in [1.82, 2.24) is 9.66 Å². The van der Waals surface area contributed by atoms with Crippen LogP contribution in [0.5, 0.6) is 11.5 Å². The number of para-hydroxylation sites is 1. The molecule has 4 aromatic carbocycles. The molecule has 7 nitrogen and oxygen atoms in total. The van der Waals surface area contributed by atoms with Crippen LogP contribution in [0.1, 0.15) is 11.1 Å². The smallest absolute Gasteiger partial charge is 0.282 e. The third-order valence-electron chi connectivity index (χ3n) is 6.33. The van der Waals surface area contributed by atoms with E-state index in [-0.39, 0.29) is 18.2 Å². The molecule has 0 aliphatic carbocycles. The Balaban J connectivity index is 1.47. The maximum atomic E-state index is 13.7. The lowest BCUT2D eigenvalue weighted by atomic mass is 10.2. The second-order valence-corrected chi connectivity index (χ2v) is 9.92. The van der Waals surface area contributed by atoms with Crippen LogP contribution in [0, 0.1) is 5.82 Å². The van der Waals surface area contributed by atoms with Crippen LogP contribution in [0.3, 0.4) is 0 Å². The van der Waals surface area contributed by atoms with Crippen LogP contribution in [0.4, 0.5) is 4.39 Å². The minimum absolute atomic E-state index is 0.128. The van der Waals surface area contributed by atoms with Gasteiger partial charge in [-0.2, -0.15) is 9.78 Å². The summed E-state index contributed by atoms with van der Waals surface area (Å²) in [6.45, 7) is 0.128. The van der Waals surface area contributed by atoms with E-state index in [9.17, 15) is 9.18 Å². The summed E-state index contributed by atoms with van der Waals surface area (Å²) >= 11 is 12.5. The van der Waals surface area contributed by atoms with Gasteiger partial charge in [-0.05, 0) is 60.2 Å². The molecule has 41 heavy (non-hydrogen) atoms. The number of fused-ring (bicyclic) bond motifs is 2. The second-order valence-electron chi connectivity index (χ2n) is 9.05. The molecule has 0 amide bonds. The fourth-order valence-electron chi connectivity index (χ4n) is 4.36. The average Bonchev–Trinajstić information content (AvgIpc) is 3.39. The number of rotatable bonds is 7. The zero-order chi connectivity index (χ0) is 28.5. The molecule has 0 bridgehead atoms. The van der Waals surface area contributed by atoms with Gasteiger partial charge >= 0.3 is 0 Å². The Hall–Kier alpha value is -4.66. The van der Waals surface area contributed by atoms with Crippen LogP contribution in [0.25, 0.3) is 33.5 Å². The number of halogens is 3. The zero-order valence-electron chi connectivity index (χ0n) is 21.5. The maximum absolute atomic E-state index is 13.7. The van der Waals surface area contributed by atoms with Gasteiger partial charge in [0.15, 0.2) is 17.3 Å². The average molecular weight is 588 g/mol. The summed E-state index contributed by atoms with van der Waals surface area (Å²) in [6, 6.07) is 23.2. The first-order valence-electron chi connectivity index (χ1n) is 12.4. The number of furan rings is 1. The monoisotopic (exact) mass is 587 g/mol. The molecule has 2 aromatic heterocycles. The van der Waals surface area contributed by atoms with E-state index >= 15 is 0 Å². The summed E-state index contributed by atoms with van der Waals surface area (Å²) in [6.07, 6.45) is 1.44. The Kier molecular flexibility index (Phi) is 7.17. The molecule has 0 radical (unpaired) electrons. The summed E-state index contributed by atoms with van der Waals surface area (Å²) < 4.78 is 32.1. The number of nitrogens with zero attached hydrogens (tertiary/aromatic N) is 3. The van der Waals surface area contributed by atoms with E-state index in [1.807, 2.05) is 0 Å². The highest BCUT2D eigenvalue weighted by Gasteiger charge is 2.18. The lowest BCUT2D eigenvalue weighted by Gasteiger charge is -2.14. The van der Waals surface area contributed by atoms with Gasteiger partial charge in [-0.3, -0.25) is 4.79 Å². The lowest BCUT2D eigenvalue weighted by molar-refractivity contribution is 0.284. The van der Waals surface area contributed by atoms with Crippen molar-refractivity contribution in [2.75, 3.05) is 7.11 Å². The van der Waals surface area contributed by atoms with Crippen molar-refractivity contribution < 1.29 is 18.3 Å². The third-order valence-corrected chi connectivity index (χ3v) is 6.78. The quantitative estimate of drug-likeness (QED) is 0.179. The minimum Gasteiger partial charge on any atom is -0.493 e. The van der Waals surface area contributed by atoms with Gasteiger partial charge in [0.1, 0.15) is 18.0 Å². The molecule has 0 atom stereocenters. The van der Waals surface area contributed by atoms with Crippen molar-refractivity contribution >= 4 is 51.3 Å². The van der Waals surface area contributed by atoms with E-state index in [0.29, 0.717) is 49.4 Å². The molecule has 10 heteroatoms. The van der Waals surface area contributed by atoms with E-state index in [4.69, 9.17) is 42.1 Å². The van der Waals surface area contributed by atoms with Gasteiger partial charge in [0.2, 0.25) is 5.82 Å². The summed E-state index contributed by atoms with van der Waals surface area (Å²) in [5.41, 5.74) is 1.86. The standard InChI is InChI=1S/C31H20Cl2FN3O4/c1-39-27-15-22(33)13-20(29(27)40-17-18-6-9-23(34)10-7-18)16-35-37-30(36-25-5-3-2-4-24(25)31(37)38)28-14-19-12-21(32)8-11-26(19)41-28/h2-16H,17H2,1H3.